The highest BCUT2D eigenvalue weighted by atomic mass is 15.0. The van der Waals surface area contributed by atoms with Crippen LogP contribution in [0.2, 0.25) is 0 Å². The number of nitrogens with zero attached hydrogens (tertiary/aromatic N) is 2. The molecule has 3 nitrogen and oxygen atoms in total. The second kappa shape index (κ2) is 7.97. The molecule has 0 amide bonds. The van der Waals surface area contributed by atoms with E-state index in [0.29, 0.717) is 0 Å². The Morgan fingerprint density at radius 1 is 1.08 bits per heavy atom. The fourth-order valence-corrected chi connectivity index (χ4v) is 3.49. The molecule has 0 spiro atoms. The molecule has 1 aliphatic carbocycles. The summed E-state index contributed by atoms with van der Waals surface area (Å²) in [4.78, 5) is 4.89. The highest BCUT2D eigenvalue weighted by Gasteiger charge is 2.22. The summed E-state index contributed by atoms with van der Waals surface area (Å²) in [6.45, 7) is 3.08. The van der Waals surface area contributed by atoms with Crippen molar-refractivity contribution >= 4 is 5.82 Å². The molecule has 2 aromatic rings. The zero-order chi connectivity index (χ0) is 16.8. The highest BCUT2D eigenvalue weighted by molar-refractivity contribution is 5.72. The van der Waals surface area contributed by atoms with Crippen LogP contribution < -0.4 is 5.32 Å². The summed E-state index contributed by atoms with van der Waals surface area (Å²) in [5.41, 5.74) is 5.47. The molecule has 1 aromatic carbocycles. The third kappa shape index (κ3) is 3.43. The number of benzene rings is 1. The van der Waals surface area contributed by atoms with Gasteiger partial charge in [0, 0.05) is 12.1 Å². The van der Waals surface area contributed by atoms with Gasteiger partial charge in [-0.05, 0) is 43.2 Å². The van der Waals surface area contributed by atoms with Gasteiger partial charge in [-0.25, -0.2) is 4.98 Å². The van der Waals surface area contributed by atoms with E-state index in [9.17, 15) is 5.26 Å². The maximum Gasteiger partial charge on any atom is 0.144 e. The van der Waals surface area contributed by atoms with Gasteiger partial charge in [0.05, 0.1) is 11.3 Å². The number of aromatic nitrogens is 1. The van der Waals surface area contributed by atoms with Crippen LogP contribution in [0, 0.1) is 11.3 Å². The van der Waals surface area contributed by atoms with Gasteiger partial charge >= 0.3 is 0 Å². The maximum atomic E-state index is 9.71. The van der Waals surface area contributed by atoms with Crippen LogP contribution in [-0.2, 0) is 12.8 Å². The Bertz CT molecular complexity index is 729. The van der Waals surface area contributed by atoms with Crippen LogP contribution in [0.5, 0.6) is 0 Å². The van der Waals surface area contributed by atoms with Gasteiger partial charge in [0.15, 0.2) is 0 Å². The van der Waals surface area contributed by atoms with Crippen LogP contribution in [0.4, 0.5) is 5.82 Å². The summed E-state index contributed by atoms with van der Waals surface area (Å²) < 4.78 is 0. The van der Waals surface area contributed by atoms with Crippen molar-refractivity contribution in [3.63, 3.8) is 0 Å². The van der Waals surface area contributed by atoms with Crippen molar-refractivity contribution in [1.82, 2.24) is 4.98 Å². The summed E-state index contributed by atoms with van der Waals surface area (Å²) in [5, 5.41) is 13.1. The quantitative estimate of drug-likeness (QED) is 0.753. The molecule has 0 saturated heterocycles. The normalized spacial score (nSPS) is 13.2. The minimum absolute atomic E-state index is 0.765. The van der Waals surface area contributed by atoms with Gasteiger partial charge < -0.3 is 5.32 Å². The van der Waals surface area contributed by atoms with Crippen molar-refractivity contribution in [2.24, 2.45) is 0 Å². The number of pyridine rings is 1. The Labute approximate surface area is 144 Å². The predicted octanol–water partition coefficient (Wildman–Crippen LogP) is 5.10. The van der Waals surface area contributed by atoms with Gasteiger partial charge in [0.1, 0.15) is 11.9 Å². The van der Waals surface area contributed by atoms with Crippen molar-refractivity contribution in [3.8, 4) is 17.3 Å². The molecule has 0 atom stereocenters. The van der Waals surface area contributed by atoms with Crippen LogP contribution >= 0.6 is 0 Å². The van der Waals surface area contributed by atoms with E-state index in [1.54, 1.807) is 0 Å². The van der Waals surface area contributed by atoms with Gasteiger partial charge in [-0.1, -0.05) is 50.1 Å². The van der Waals surface area contributed by atoms with E-state index in [1.165, 1.54) is 30.4 Å². The number of fused-ring (bicyclic) bond motifs is 1. The molecule has 3 heteroatoms. The first-order valence-electron chi connectivity index (χ1n) is 9.10. The molecule has 124 valence electrons. The number of nitriles is 1. The summed E-state index contributed by atoms with van der Waals surface area (Å²) in [6.07, 6.45) is 7.87. The smallest absolute Gasteiger partial charge is 0.144 e. The first-order chi connectivity index (χ1) is 11.8. The largest absolute Gasteiger partial charge is 0.369 e. The Morgan fingerprint density at radius 2 is 1.83 bits per heavy atom. The highest BCUT2D eigenvalue weighted by Crippen LogP contribution is 2.35. The third-order valence-electron chi connectivity index (χ3n) is 4.75. The van der Waals surface area contributed by atoms with E-state index in [0.717, 1.165) is 54.9 Å². The Balaban J connectivity index is 2.03. The number of hydrogen-bond donors (Lipinski definition) is 1. The van der Waals surface area contributed by atoms with E-state index in [1.807, 2.05) is 6.07 Å². The molecule has 0 fully saturated rings. The van der Waals surface area contributed by atoms with E-state index in [2.05, 4.69) is 42.6 Å². The summed E-state index contributed by atoms with van der Waals surface area (Å²) in [5.74, 6) is 0.771. The lowest BCUT2D eigenvalue weighted by Crippen LogP contribution is -2.14. The number of anilines is 1. The lowest BCUT2D eigenvalue weighted by Gasteiger charge is -2.22. The average molecular weight is 319 g/mol. The predicted molar refractivity (Wildman–Crippen MR) is 99.0 cm³/mol. The molecule has 1 aliphatic rings. The summed E-state index contributed by atoms with van der Waals surface area (Å²) in [6, 6.07) is 12.8. The van der Waals surface area contributed by atoms with Crippen LogP contribution in [0.25, 0.3) is 11.3 Å². The van der Waals surface area contributed by atoms with E-state index in [-0.39, 0.29) is 0 Å². The summed E-state index contributed by atoms with van der Waals surface area (Å²) >= 11 is 0. The maximum absolute atomic E-state index is 9.71. The van der Waals surface area contributed by atoms with E-state index in [4.69, 9.17) is 4.98 Å². The number of hydrogen-bond acceptors (Lipinski definition) is 3. The average Bonchev–Trinajstić information content (AvgIpc) is 2.65. The zero-order valence-corrected chi connectivity index (χ0v) is 14.4. The molecule has 0 aliphatic heterocycles. The Kier molecular flexibility index (Phi) is 5.48. The van der Waals surface area contributed by atoms with Gasteiger partial charge in [-0.15, -0.1) is 0 Å². The van der Waals surface area contributed by atoms with Gasteiger partial charge in [0.2, 0.25) is 0 Å². The first-order valence-corrected chi connectivity index (χ1v) is 9.10. The number of unbranched alkanes of at least 4 members (excludes halogenated alkanes) is 2. The standard InChI is InChI=1S/C21H25N3/c1-2-3-9-14-23-21-19(15-22)17-12-7-8-13-18(17)20(24-21)16-10-5-4-6-11-16/h4-6,10-11H,2-3,7-9,12-14H2,1H3,(H,23,24). The van der Waals surface area contributed by atoms with E-state index < -0.39 is 0 Å². The molecular formula is C21H25N3. The fraction of sp³-hybridized carbons (Fsp3) is 0.429. The molecule has 0 bridgehead atoms. The van der Waals surface area contributed by atoms with Gasteiger partial charge in [-0.2, -0.15) is 5.26 Å². The Hall–Kier alpha value is -2.34. The molecule has 0 saturated carbocycles. The molecule has 1 N–H and O–H groups in total. The van der Waals surface area contributed by atoms with Crippen molar-refractivity contribution in [1.29, 1.82) is 5.26 Å². The van der Waals surface area contributed by atoms with Crippen LogP contribution in [0.15, 0.2) is 30.3 Å². The SMILES string of the molecule is CCCCCNc1nc(-c2ccccc2)c2c(c1C#N)CCCC2. The molecular weight excluding hydrogens is 294 g/mol. The molecule has 0 radical (unpaired) electrons. The van der Waals surface area contributed by atoms with Crippen LogP contribution in [0.1, 0.15) is 55.7 Å². The zero-order valence-electron chi connectivity index (χ0n) is 14.4. The van der Waals surface area contributed by atoms with Crippen molar-refractivity contribution in [3.05, 3.63) is 47.0 Å². The van der Waals surface area contributed by atoms with Crippen molar-refractivity contribution < 1.29 is 0 Å². The van der Waals surface area contributed by atoms with Crippen molar-refractivity contribution in [2.45, 2.75) is 51.9 Å². The summed E-state index contributed by atoms with van der Waals surface area (Å²) in [7, 11) is 0. The minimum atomic E-state index is 0.765. The number of nitrogens with one attached hydrogen (secondary N) is 1. The molecule has 24 heavy (non-hydrogen) atoms. The molecule has 0 unspecified atom stereocenters. The molecule has 1 aromatic heterocycles. The number of rotatable bonds is 6. The van der Waals surface area contributed by atoms with Crippen LogP contribution in [0.3, 0.4) is 0 Å². The lowest BCUT2D eigenvalue weighted by atomic mass is 9.86. The monoisotopic (exact) mass is 319 g/mol. The topological polar surface area (TPSA) is 48.7 Å². The van der Waals surface area contributed by atoms with Crippen LogP contribution in [-0.4, -0.2) is 11.5 Å². The second-order valence-corrected chi connectivity index (χ2v) is 6.46. The first kappa shape index (κ1) is 16.5. The minimum Gasteiger partial charge on any atom is -0.369 e. The van der Waals surface area contributed by atoms with E-state index >= 15 is 0 Å². The fourth-order valence-electron chi connectivity index (χ4n) is 3.49. The Morgan fingerprint density at radius 3 is 2.54 bits per heavy atom. The third-order valence-corrected chi connectivity index (χ3v) is 4.75. The van der Waals surface area contributed by atoms with Gasteiger partial charge in [-0.3, -0.25) is 0 Å². The lowest BCUT2D eigenvalue weighted by molar-refractivity contribution is 0.682. The van der Waals surface area contributed by atoms with Crippen molar-refractivity contribution in [2.75, 3.05) is 11.9 Å². The molecule has 3 rings (SSSR count). The second-order valence-electron chi connectivity index (χ2n) is 6.46. The van der Waals surface area contributed by atoms with Gasteiger partial charge in [0.25, 0.3) is 0 Å². The molecule has 1 heterocycles.